The van der Waals surface area contributed by atoms with E-state index in [0.29, 0.717) is 12.0 Å². The largest absolute Gasteiger partial charge is 0.496 e. The predicted molar refractivity (Wildman–Crippen MR) is 101 cm³/mol. The number of carbonyl (C=O) groups is 3. The van der Waals surface area contributed by atoms with E-state index in [1.165, 1.54) is 13.8 Å². The summed E-state index contributed by atoms with van der Waals surface area (Å²) >= 11 is 0. The summed E-state index contributed by atoms with van der Waals surface area (Å²) in [6, 6.07) is 11.5. The SMILES string of the molecule is COc1ccc2ccccc2c1/C=C/C(C=O)(COC(C)=O)COC(C)=O. The summed E-state index contributed by atoms with van der Waals surface area (Å²) in [6.07, 6.45) is 3.92. The summed E-state index contributed by atoms with van der Waals surface area (Å²) in [6.45, 7) is 2.03. The van der Waals surface area contributed by atoms with Crippen molar-refractivity contribution in [2.75, 3.05) is 20.3 Å². The van der Waals surface area contributed by atoms with Crippen molar-refractivity contribution in [3.8, 4) is 5.75 Å². The molecule has 0 atom stereocenters. The number of benzene rings is 2. The van der Waals surface area contributed by atoms with Gasteiger partial charge in [-0.1, -0.05) is 42.5 Å². The molecule has 0 aliphatic carbocycles. The molecule has 0 radical (unpaired) electrons. The average molecular weight is 370 g/mol. The van der Waals surface area contributed by atoms with Gasteiger partial charge in [-0.15, -0.1) is 0 Å². The standard InChI is InChI=1S/C21H22O6/c1-15(23)26-13-21(12-22,14-27-16(2)24)11-10-19-18-7-5-4-6-17(18)8-9-20(19)25-3/h4-12H,13-14H2,1-3H3/b11-10+. The molecule has 0 unspecified atom stereocenters. The highest BCUT2D eigenvalue weighted by Crippen LogP contribution is 2.31. The van der Waals surface area contributed by atoms with Crippen LogP contribution in [-0.2, 0) is 23.9 Å². The van der Waals surface area contributed by atoms with Gasteiger partial charge in [-0.3, -0.25) is 9.59 Å². The molecule has 6 nitrogen and oxygen atoms in total. The first-order valence-electron chi connectivity index (χ1n) is 8.39. The second-order valence-electron chi connectivity index (χ2n) is 6.15. The zero-order chi connectivity index (χ0) is 19.9. The number of methoxy groups -OCH3 is 1. The van der Waals surface area contributed by atoms with Crippen molar-refractivity contribution >= 4 is 35.1 Å². The fourth-order valence-electron chi connectivity index (χ4n) is 2.59. The van der Waals surface area contributed by atoms with Crippen molar-refractivity contribution in [1.82, 2.24) is 0 Å². The number of ether oxygens (including phenoxy) is 3. The molecule has 0 heterocycles. The van der Waals surface area contributed by atoms with Crippen LogP contribution in [0.15, 0.2) is 42.5 Å². The van der Waals surface area contributed by atoms with Crippen LogP contribution in [0.25, 0.3) is 16.8 Å². The molecule has 0 spiro atoms. The Morgan fingerprint density at radius 3 is 2.19 bits per heavy atom. The van der Waals surface area contributed by atoms with Gasteiger partial charge in [0.1, 0.15) is 30.7 Å². The van der Waals surface area contributed by atoms with Crippen molar-refractivity contribution in [3.63, 3.8) is 0 Å². The molecule has 0 saturated carbocycles. The molecule has 0 aromatic heterocycles. The number of carbonyl (C=O) groups excluding carboxylic acids is 3. The third kappa shape index (κ3) is 5.17. The van der Waals surface area contributed by atoms with Crippen LogP contribution in [0.1, 0.15) is 19.4 Å². The molecule has 2 rings (SSSR count). The van der Waals surface area contributed by atoms with E-state index in [0.717, 1.165) is 16.3 Å². The highest BCUT2D eigenvalue weighted by molar-refractivity contribution is 5.93. The van der Waals surface area contributed by atoms with Gasteiger partial charge in [0.25, 0.3) is 0 Å². The fraction of sp³-hybridized carbons (Fsp3) is 0.286. The van der Waals surface area contributed by atoms with Gasteiger partial charge < -0.3 is 19.0 Å². The molecule has 6 heteroatoms. The maximum Gasteiger partial charge on any atom is 0.302 e. The minimum atomic E-state index is -1.29. The van der Waals surface area contributed by atoms with E-state index >= 15 is 0 Å². The smallest absolute Gasteiger partial charge is 0.302 e. The normalized spacial score (nSPS) is 11.4. The number of hydrogen-bond donors (Lipinski definition) is 0. The van der Waals surface area contributed by atoms with Crippen molar-refractivity contribution in [2.45, 2.75) is 13.8 Å². The van der Waals surface area contributed by atoms with Gasteiger partial charge in [0.15, 0.2) is 0 Å². The Morgan fingerprint density at radius 1 is 1.00 bits per heavy atom. The first kappa shape index (κ1) is 20.2. The Bertz CT molecular complexity index is 850. The minimum absolute atomic E-state index is 0.233. The Labute approximate surface area is 157 Å². The molecule has 0 aliphatic rings. The molecule has 0 aliphatic heterocycles. The molecule has 2 aromatic rings. The molecular weight excluding hydrogens is 348 g/mol. The molecule has 0 saturated heterocycles. The van der Waals surface area contributed by atoms with Crippen LogP contribution in [0.4, 0.5) is 0 Å². The summed E-state index contributed by atoms with van der Waals surface area (Å²) in [5, 5.41) is 1.95. The van der Waals surface area contributed by atoms with Gasteiger partial charge in [-0.25, -0.2) is 0 Å². The quantitative estimate of drug-likeness (QED) is 0.525. The number of fused-ring (bicyclic) bond motifs is 1. The van der Waals surface area contributed by atoms with Gasteiger partial charge in [0, 0.05) is 19.4 Å². The first-order chi connectivity index (χ1) is 12.9. The van der Waals surface area contributed by atoms with Gasteiger partial charge >= 0.3 is 11.9 Å². The van der Waals surface area contributed by atoms with Crippen molar-refractivity contribution in [2.24, 2.45) is 5.41 Å². The highest BCUT2D eigenvalue weighted by Gasteiger charge is 2.30. The first-order valence-corrected chi connectivity index (χ1v) is 8.39. The van der Waals surface area contributed by atoms with Crippen molar-refractivity contribution < 1.29 is 28.6 Å². The van der Waals surface area contributed by atoms with E-state index in [4.69, 9.17) is 14.2 Å². The average Bonchev–Trinajstić information content (AvgIpc) is 2.67. The second kappa shape index (κ2) is 8.98. The number of esters is 2. The third-order valence-corrected chi connectivity index (χ3v) is 4.06. The molecule has 27 heavy (non-hydrogen) atoms. The number of aldehydes is 1. The van der Waals surface area contributed by atoms with Crippen LogP contribution in [0.2, 0.25) is 0 Å². The molecule has 142 valence electrons. The molecule has 0 N–H and O–H groups in total. The summed E-state index contributed by atoms with van der Waals surface area (Å²) in [4.78, 5) is 34.2. The van der Waals surface area contributed by atoms with Gasteiger partial charge in [0.2, 0.25) is 0 Å². The van der Waals surface area contributed by atoms with E-state index in [-0.39, 0.29) is 13.2 Å². The van der Waals surface area contributed by atoms with E-state index in [1.54, 1.807) is 19.3 Å². The lowest BCUT2D eigenvalue weighted by Crippen LogP contribution is -2.33. The number of hydrogen-bond acceptors (Lipinski definition) is 6. The van der Waals surface area contributed by atoms with Crippen LogP contribution in [0, 0.1) is 5.41 Å². The summed E-state index contributed by atoms with van der Waals surface area (Å²) in [5.74, 6) is -0.426. The van der Waals surface area contributed by atoms with E-state index in [2.05, 4.69) is 0 Å². The van der Waals surface area contributed by atoms with Crippen LogP contribution < -0.4 is 4.74 Å². The summed E-state index contributed by atoms with van der Waals surface area (Å²) < 4.78 is 15.5. The maximum absolute atomic E-state index is 11.8. The Kier molecular flexibility index (Phi) is 6.71. The minimum Gasteiger partial charge on any atom is -0.496 e. The zero-order valence-corrected chi connectivity index (χ0v) is 15.6. The van der Waals surface area contributed by atoms with Crippen LogP contribution in [0.3, 0.4) is 0 Å². The Balaban J connectivity index is 2.47. The van der Waals surface area contributed by atoms with Crippen LogP contribution in [0.5, 0.6) is 5.75 Å². The van der Waals surface area contributed by atoms with Crippen molar-refractivity contribution in [1.29, 1.82) is 0 Å². The molecule has 2 aromatic carbocycles. The lowest BCUT2D eigenvalue weighted by molar-refractivity contribution is -0.150. The zero-order valence-electron chi connectivity index (χ0n) is 15.6. The Morgan fingerprint density at radius 2 is 1.63 bits per heavy atom. The lowest BCUT2D eigenvalue weighted by Gasteiger charge is -2.23. The van der Waals surface area contributed by atoms with Gasteiger partial charge in [-0.2, -0.15) is 0 Å². The lowest BCUT2D eigenvalue weighted by atomic mass is 9.90. The van der Waals surface area contributed by atoms with Crippen molar-refractivity contribution in [3.05, 3.63) is 48.0 Å². The topological polar surface area (TPSA) is 78.9 Å². The predicted octanol–water partition coefficient (Wildman–Crippen LogP) is 3.17. The highest BCUT2D eigenvalue weighted by atomic mass is 16.5. The maximum atomic E-state index is 11.8. The third-order valence-electron chi connectivity index (χ3n) is 4.06. The van der Waals surface area contributed by atoms with Crippen LogP contribution >= 0.6 is 0 Å². The summed E-state index contributed by atoms with van der Waals surface area (Å²) in [5.41, 5.74) is -0.522. The van der Waals surface area contributed by atoms with Crippen LogP contribution in [-0.4, -0.2) is 38.5 Å². The Hall–Kier alpha value is -3.15. The fourth-order valence-corrected chi connectivity index (χ4v) is 2.59. The van der Waals surface area contributed by atoms with E-state index < -0.39 is 17.4 Å². The van der Waals surface area contributed by atoms with E-state index in [1.807, 2.05) is 36.4 Å². The van der Waals surface area contributed by atoms with Gasteiger partial charge in [0.05, 0.1) is 7.11 Å². The number of rotatable bonds is 8. The molecule has 0 amide bonds. The monoisotopic (exact) mass is 370 g/mol. The second-order valence-corrected chi connectivity index (χ2v) is 6.15. The van der Waals surface area contributed by atoms with E-state index in [9.17, 15) is 14.4 Å². The molecular formula is C21H22O6. The van der Waals surface area contributed by atoms with Gasteiger partial charge in [-0.05, 0) is 16.8 Å². The molecule has 0 fully saturated rings. The molecule has 0 bridgehead atoms. The summed E-state index contributed by atoms with van der Waals surface area (Å²) in [7, 11) is 1.56.